The maximum atomic E-state index is 13.6. The van der Waals surface area contributed by atoms with Crippen LogP contribution in [0.3, 0.4) is 0 Å². The van der Waals surface area contributed by atoms with Gasteiger partial charge in [0.2, 0.25) is 5.91 Å². The Kier molecular flexibility index (Phi) is 60.4. The molecule has 0 aromatic rings. The van der Waals surface area contributed by atoms with E-state index in [1.165, 1.54) is 276 Å². The number of amides is 1. The molecule has 0 bridgehead atoms. The van der Waals surface area contributed by atoms with Gasteiger partial charge in [-0.3, -0.25) is 18.6 Å². The minimum atomic E-state index is -4.45. The summed E-state index contributed by atoms with van der Waals surface area (Å²) < 4.78 is 30.8. The van der Waals surface area contributed by atoms with E-state index in [1.807, 2.05) is 33.3 Å². The van der Waals surface area contributed by atoms with Crippen LogP contribution in [0.1, 0.15) is 367 Å². The Morgan fingerprint density at radius 3 is 1.06 bits per heavy atom. The fourth-order valence-electron chi connectivity index (χ4n) is 10.9. The molecule has 9 nitrogen and oxygen atoms in total. The molecule has 0 radical (unpaired) electrons. The number of rotatable bonds is 66. The van der Waals surface area contributed by atoms with E-state index in [2.05, 4.69) is 38.2 Å². The standard InChI is InChI=1S/C71H139N2O7P/c1-7-10-13-16-19-22-25-28-30-31-32-33-34-35-36-37-38-39-40-41-43-45-48-51-54-57-60-63-70(74)72-68(67-79-81(76,77)78-66-65-73(4,5)6)69(62-59-56-53-50-47-44-27-24-21-18-15-12-9-3)80-71(75)64-61-58-55-52-49-46-42-29-26-23-20-17-14-11-8-2/h23,26,59,62,68-69H,7-22,24-25,27-58,60-61,63-67H2,1-6H3,(H-,72,74,76,77)/p+1/b26-23-,62-59-. The summed E-state index contributed by atoms with van der Waals surface area (Å²) in [4.78, 5) is 37.9. The first-order valence-corrected chi connectivity index (χ1v) is 37.2. The summed E-state index contributed by atoms with van der Waals surface area (Å²) >= 11 is 0. The Labute approximate surface area is 504 Å². The Bertz CT molecular complexity index is 1430. The molecule has 0 saturated heterocycles. The van der Waals surface area contributed by atoms with Crippen molar-refractivity contribution in [1.82, 2.24) is 5.32 Å². The molecule has 81 heavy (non-hydrogen) atoms. The molecule has 0 saturated carbocycles. The monoisotopic (exact) mass is 1160 g/mol. The molecular weight excluding hydrogens is 1020 g/mol. The smallest absolute Gasteiger partial charge is 0.456 e. The van der Waals surface area contributed by atoms with E-state index in [4.69, 9.17) is 13.8 Å². The van der Waals surface area contributed by atoms with Crippen LogP contribution in [0.25, 0.3) is 0 Å². The lowest BCUT2D eigenvalue weighted by molar-refractivity contribution is -0.870. The Hall–Kier alpha value is -1.51. The van der Waals surface area contributed by atoms with Crippen molar-refractivity contribution in [3.8, 4) is 0 Å². The number of phosphoric acid groups is 1. The van der Waals surface area contributed by atoms with Gasteiger partial charge in [0.25, 0.3) is 0 Å². The van der Waals surface area contributed by atoms with Crippen molar-refractivity contribution in [3.63, 3.8) is 0 Å². The molecule has 480 valence electrons. The fraction of sp³-hybridized carbons (Fsp3) is 0.915. The second-order valence-corrected chi connectivity index (χ2v) is 27.2. The molecular formula is C71H140N2O7P+. The number of unbranched alkanes of at least 4 members (excludes halogenated alkanes) is 48. The van der Waals surface area contributed by atoms with E-state index in [0.717, 1.165) is 57.8 Å². The Balaban J connectivity index is 4.97. The summed E-state index contributed by atoms with van der Waals surface area (Å²) in [5.41, 5.74) is 0. The molecule has 0 rings (SSSR count). The third kappa shape index (κ3) is 62.8. The van der Waals surface area contributed by atoms with Crippen LogP contribution in [-0.2, 0) is 27.9 Å². The number of nitrogens with zero attached hydrogens (tertiary/aromatic N) is 1. The number of esters is 1. The second kappa shape index (κ2) is 61.6. The zero-order valence-electron chi connectivity index (χ0n) is 55.1. The molecule has 0 aliphatic rings. The van der Waals surface area contributed by atoms with Crippen molar-refractivity contribution >= 4 is 19.7 Å². The molecule has 0 heterocycles. The molecule has 10 heteroatoms. The molecule has 2 N–H and O–H groups in total. The van der Waals surface area contributed by atoms with E-state index in [-0.39, 0.29) is 25.1 Å². The molecule has 0 aromatic heterocycles. The summed E-state index contributed by atoms with van der Waals surface area (Å²) in [7, 11) is 1.51. The zero-order chi connectivity index (χ0) is 59.3. The zero-order valence-corrected chi connectivity index (χ0v) is 56.0. The molecule has 0 aliphatic carbocycles. The lowest BCUT2D eigenvalue weighted by Gasteiger charge is -2.27. The number of ether oxygens (including phenoxy) is 1. The minimum Gasteiger partial charge on any atom is -0.456 e. The summed E-state index contributed by atoms with van der Waals surface area (Å²) in [5.74, 6) is -0.489. The van der Waals surface area contributed by atoms with Gasteiger partial charge in [-0.25, -0.2) is 4.57 Å². The van der Waals surface area contributed by atoms with Crippen LogP contribution in [0.15, 0.2) is 24.3 Å². The van der Waals surface area contributed by atoms with Crippen LogP contribution in [0.4, 0.5) is 0 Å². The van der Waals surface area contributed by atoms with Gasteiger partial charge in [0.05, 0.1) is 33.8 Å². The maximum absolute atomic E-state index is 13.6. The highest BCUT2D eigenvalue weighted by Gasteiger charge is 2.30. The van der Waals surface area contributed by atoms with E-state index in [1.54, 1.807) is 0 Å². The van der Waals surface area contributed by atoms with E-state index < -0.39 is 20.0 Å². The van der Waals surface area contributed by atoms with E-state index in [9.17, 15) is 19.0 Å². The largest absolute Gasteiger partial charge is 0.472 e. The van der Waals surface area contributed by atoms with Crippen LogP contribution in [0.2, 0.25) is 0 Å². The summed E-state index contributed by atoms with van der Waals surface area (Å²) in [6, 6.07) is -0.845. The highest BCUT2D eigenvalue weighted by Crippen LogP contribution is 2.43. The van der Waals surface area contributed by atoms with Crippen molar-refractivity contribution in [2.45, 2.75) is 380 Å². The first kappa shape index (κ1) is 79.5. The topological polar surface area (TPSA) is 111 Å². The van der Waals surface area contributed by atoms with Gasteiger partial charge >= 0.3 is 13.8 Å². The third-order valence-corrected chi connectivity index (χ3v) is 17.4. The van der Waals surface area contributed by atoms with Gasteiger partial charge < -0.3 is 19.4 Å². The number of hydrogen-bond acceptors (Lipinski definition) is 6. The van der Waals surface area contributed by atoms with Gasteiger partial charge in [0, 0.05) is 12.8 Å². The number of nitrogens with one attached hydrogen (secondary N) is 1. The molecule has 1 amide bonds. The number of carbonyl (C=O) groups is 2. The number of quaternary nitrogens is 1. The predicted octanol–water partition coefficient (Wildman–Crippen LogP) is 22.5. The SMILES string of the molecule is CCCCCC/C=C\CCCCCCCCCC(=O)OC(/C=C\CCCCCCCCCCCCC)C(COP(=O)(O)OCC[N+](C)(C)C)NC(=O)CCCCCCCCCCCCCCCCCCCCCCCCCCCCC. The molecule has 0 fully saturated rings. The first-order chi connectivity index (χ1) is 39.4. The van der Waals surface area contributed by atoms with Crippen LogP contribution in [-0.4, -0.2) is 74.3 Å². The first-order valence-electron chi connectivity index (χ1n) is 35.7. The normalized spacial score (nSPS) is 13.6. The summed E-state index contributed by atoms with van der Waals surface area (Å²) in [6.07, 6.45) is 74.8. The Morgan fingerprint density at radius 1 is 0.420 bits per heavy atom. The average molecular weight is 1160 g/mol. The lowest BCUT2D eigenvalue weighted by Crippen LogP contribution is -2.47. The van der Waals surface area contributed by atoms with Crippen LogP contribution in [0, 0.1) is 0 Å². The van der Waals surface area contributed by atoms with Gasteiger partial charge in [0.1, 0.15) is 19.3 Å². The van der Waals surface area contributed by atoms with Gasteiger partial charge in [0.15, 0.2) is 0 Å². The predicted molar refractivity (Wildman–Crippen MR) is 351 cm³/mol. The van der Waals surface area contributed by atoms with E-state index >= 15 is 0 Å². The van der Waals surface area contributed by atoms with Gasteiger partial charge in [-0.1, -0.05) is 322 Å². The number of phosphoric ester groups is 1. The average Bonchev–Trinajstić information content (AvgIpc) is 3.44. The van der Waals surface area contributed by atoms with Crippen LogP contribution in [0.5, 0.6) is 0 Å². The molecule has 0 aliphatic heterocycles. The van der Waals surface area contributed by atoms with E-state index in [0.29, 0.717) is 23.9 Å². The second-order valence-electron chi connectivity index (χ2n) is 25.8. The number of carbonyl (C=O) groups excluding carboxylic acids is 2. The van der Waals surface area contributed by atoms with Crippen LogP contribution < -0.4 is 5.32 Å². The summed E-state index contributed by atoms with van der Waals surface area (Å²) in [6.45, 7) is 7.06. The minimum absolute atomic E-state index is 0.0435. The van der Waals surface area contributed by atoms with Crippen molar-refractivity contribution in [3.05, 3.63) is 24.3 Å². The molecule has 3 atom stereocenters. The van der Waals surface area contributed by atoms with Gasteiger partial charge in [-0.05, 0) is 57.4 Å². The highest BCUT2D eigenvalue weighted by molar-refractivity contribution is 7.47. The molecule has 0 spiro atoms. The van der Waals surface area contributed by atoms with Crippen molar-refractivity contribution in [2.75, 3.05) is 40.9 Å². The third-order valence-electron chi connectivity index (χ3n) is 16.4. The molecule has 3 unspecified atom stereocenters. The lowest BCUT2D eigenvalue weighted by atomic mass is 10.0. The van der Waals surface area contributed by atoms with Gasteiger partial charge in [-0.15, -0.1) is 0 Å². The number of likely N-dealkylation sites (N-methyl/N-ethyl adjacent to an activating group) is 1. The van der Waals surface area contributed by atoms with Crippen molar-refractivity contribution < 1.29 is 37.3 Å². The summed E-state index contributed by atoms with van der Waals surface area (Å²) in [5, 5.41) is 3.08. The Morgan fingerprint density at radius 2 is 0.716 bits per heavy atom. The van der Waals surface area contributed by atoms with Crippen LogP contribution >= 0.6 is 7.82 Å². The number of allylic oxidation sites excluding steroid dienone is 3. The number of hydrogen-bond donors (Lipinski definition) is 2. The van der Waals surface area contributed by atoms with Crippen molar-refractivity contribution in [2.24, 2.45) is 0 Å². The maximum Gasteiger partial charge on any atom is 0.472 e. The molecule has 0 aromatic carbocycles. The quantitative estimate of drug-likeness (QED) is 0.0205. The fourth-order valence-corrected chi connectivity index (χ4v) is 11.6. The van der Waals surface area contributed by atoms with Gasteiger partial charge in [-0.2, -0.15) is 0 Å². The highest BCUT2D eigenvalue weighted by atomic mass is 31.2. The van der Waals surface area contributed by atoms with Crippen molar-refractivity contribution in [1.29, 1.82) is 0 Å².